The summed E-state index contributed by atoms with van der Waals surface area (Å²) in [7, 11) is 0. The van der Waals surface area contributed by atoms with Gasteiger partial charge in [-0.3, -0.25) is 19.0 Å². The fourth-order valence-corrected chi connectivity index (χ4v) is 4.73. The number of carbonyl (C=O) groups is 2. The van der Waals surface area contributed by atoms with Crippen molar-refractivity contribution in [1.29, 1.82) is 0 Å². The van der Waals surface area contributed by atoms with Gasteiger partial charge in [0.1, 0.15) is 6.54 Å². The first kappa shape index (κ1) is 20.1. The van der Waals surface area contributed by atoms with Crippen LogP contribution in [0, 0.1) is 6.92 Å². The summed E-state index contributed by atoms with van der Waals surface area (Å²) in [5.74, 6) is -0.687. The Morgan fingerprint density at radius 2 is 1.69 bits per heavy atom. The Bertz CT molecular complexity index is 1370. The average Bonchev–Trinajstić information content (AvgIpc) is 3.52. The molecule has 0 unspecified atom stereocenters. The molecule has 0 aliphatic carbocycles. The van der Waals surface area contributed by atoms with E-state index in [0.717, 1.165) is 27.2 Å². The van der Waals surface area contributed by atoms with Gasteiger partial charge in [-0.2, -0.15) is 9.90 Å². The van der Waals surface area contributed by atoms with E-state index in [0.29, 0.717) is 25.2 Å². The molecule has 0 atom stereocenters. The summed E-state index contributed by atoms with van der Waals surface area (Å²) in [6.45, 7) is 2.41. The summed E-state index contributed by atoms with van der Waals surface area (Å²) in [4.78, 5) is 40.0. The Kier molecular flexibility index (Phi) is 5.06. The van der Waals surface area contributed by atoms with Crippen LogP contribution in [0.4, 0.5) is 0 Å². The van der Waals surface area contributed by atoms with Crippen LogP contribution in [-0.2, 0) is 11.3 Å². The molecule has 1 aliphatic heterocycles. The monoisotopic (exact) mass is 448 g/mol. The Morgan fingerprint density at radius 1 is 0.969 bits per heavy atom. The van der Waals surface area contributed by atoms with E-state index in [9.17, 15) is 14.4 Å². The summed E-state index contributed by atoms with van der Waals surface area (Å²) >= 11 is 1.10. The Morgan fingerprint density at radius 3 is 2.50 bits per heavy atom. The van der Waals surface area contributed by atoms with E-state index < -0.39 is 0 Å². The van der Waals surface area contributed by atoms with Crippen molar-refractivity contribution in [2.24, 2.45) is 0 Å². The predicted octanol–water partition coefficient (Wildman–Crippen LogP) is 2.24. The van der Waals surface area contributed by atoms with Crippen molar-refractivity contribution in [3.8, 4) is 5.69 Å². The van der Waals surface area contributed by atoms with Crippen LogP contribution in [-0.4, -0.2) is 54.5 Å². The van der Waals surface area contributed by atoms with E-state index >= 15 is 0 Å². The number of carbonyl (C=O) groups excluding carboxylic acids is 2. The number of hydrogen-bond donors (Lipinski definition) is 0. The third-order valence-corrected chi connectivity index (χ3v) is 6.35. The van der Waals surface area contributed by atoms with Gasteiger partial charge in [0.2, 0.25) is 0 Å². The highest BCUT2D eigenvalue weighted by atomic mass is 32.1. The maximum atomic E-state index is 13.3. The summed E-state index contributed by atoms with van der Waals surface area (Å²) in [6, 6.07) is 16.7. The van der Waals surface area contributed by atoms with Crippen molar-refractivity contribution in [3.63, 3.8) is 0 Å². The second-order valence-electron chi connectivity index (χ2n) is 7.48. The zero-order valence-corrected chi connectivity index (χ0v) is 18.2. The highest BCUT2D eigenvalue weighted by Gasteiger charge is 2.34. The Labute approximate surface area is 187 Å². The van der Waals surface area contributed by atoms with E-state index in [1.165, 1.54) is 19.4 Å². The molecule has 162 valence electrons. The van der Waals surface area contributed by atoms with Gasteiger partial charge < -0.3 is 0 Å². The number of rotatable bonds is 4. The number of thiazole rings is 1. The van der Waals surface area contributed by atoms with Gasteiger partial charge in [-0.25, -0.2) is 10.0 Å². The molecular weight excluding hydrogens is 428 g/mol. The summed E-state index contributed by atoms with van der Waals surface area (Å²) in [5, 5.41) is 11.6. The molecule has 1 fully saturated rings. The lowest BCUT2D eigenvalue weighted by atomic mass is 10.3. The molecule has 32 heavy (non-hydrogen) atoms. The van der Waals surface area contributed by atoms with Crippen LogP contribution in [0.5, 0.6) is 0 Å². The molecular formula is C22H20N6O3S. The standard InChI is InChI=1S/C22H20N6O3S/c1-15-20(24-28(23-15)16-8-3-2-4-9-16)21(30)27-13-7-12-26(27)19(29)14-25-17-10-5-6-11-18(17)32-22(25)31/h2-6,8-11H,7,12-14H2,1H3. The third-order valence-electron chi connectivity index (χ3n) is 5.39. The van der Waals surface area contributed by atoms with Crippen molar-refractivity contribution in [2.75, 3.05) is 13.1 Å². The molecule has 3 heterocycles. The highest BCUT2D eigenvalue weighted by Crippen LogP contribution is 2.20. The first-order valence-corrected chi connectivity index (χ1v) is 11.0. The number of aromatic nitrogens is 4. The maximum absolute atomic E-state index is 13.3. The molecule has 2 aromatic heterocycles. The summed E-state index contributed by atoms with van der Waals surface area (Å²) in [5.41, 5.74) is 2.15. The van der Waals surface area contributed by atoms with Crippen LogP contribution in [0.3, 0.4) is 0 Å². The number of amides is 2. The average molecular weight is 449 g/mol. The number of para-hydroxylation sites is 2. The molecule has 1 saturated heterocycles. The second-order valence-corrected chi connectivity index (χ2v) is 8.47. The molecule has 5 rings (SSSR count). The lowest BCUT2D eigenvalue weighted by molar-refractivity contribution is -0.141. The number of aryl methyl sites for hydroxylation is 1. The van der Waals surface area contributed by atoms with Gasteiger partial charge in [0.25, 0.3) is 11.8 Å². The predicted molar refractivity (Wildman–Crippen MR) is 120 cm³/mol. The molecule has 2 amide bonds. The van der Waals surface area contributed by atoms with E-state index in [-0.39, 0.29) is 28.9 Å². The van der Waals surface area contributed by atoms with Crippen LogP contribution in [0.15, 0.2) is 59.4 Å². The Balaban J connectivity index is 1.39. The first-order chi connectivity index (χ1) is 15.5. The SMILES string of the molecule is Cc1nn(-c2ccccc2)nc1C(=O)N1CCCN1C(=O)Cn1c(=O)sc2ccccc21. The van der Waals surface area contributed by atoms with Crippen molar-refractivity contribution in [3.05, 3.63) is 75.7 Å². The Hall–Kier alpha value is -3.79. The van der Waals surface area contributed by atoms with Crippen molar-refractivity contribution in [1.82, 2.24) is 29.6 Å². The molecule has 4 aromatic rings. The van der Waals surface area contributed by atoms with E-state index in [1.54, 1.807) is 6.92 Å². The zero-order chi connectivity index (χ0) is 22.2. The van der Waals surface area contributed by atoms with Crippen LogP contribution < -0.4 is 4.87 Å². The second kappa shape index (κ2) is 8.04. The number of benzene rings is 2. The molecule has 0 bridgehead atoms. The minimum Gasteiger partial charge on any atom is -0.289 e. The largest absolute Gasteiger partial charge is 0.308 e. The van der Waals surface area contributed by atoms with Gasteiger partial charge in [0.05, 0.1) is 21.6 Å². The number of hydrogen-bond acceptors (Lipinski definition) is 6. The zero-order valence-electron chi connectivity index (χ0n) is 17.3. The molecule has 0 saturated carbocycles. The third kappa shape index (κ3) is 3.48. The fourth-order valence-electron chi connectivity index (χ4n) is 3.84. The van der Waals surface area contributed by atoms with Crippen molar-refractivity contribution in [2.45, 2.75) is 19.9 Å². The van der Waals surface area contributed by atoms with Crippen LogP contribution in [0.25, 0.3) is 15.9 Å². The first-order valence-electron chi connectivity index (χ1n) is 10.2. The molecule has 0 radical (unpaired) electrons. The number of nitrogens with zero attached hydrogens (tertiary/aromatic N) is 6. The van der Waals surface area contributed by atoms with Crippen LogP contribution >= 0.6 is 11.3 Å². The highest BCUT2D eigenvalue weighted by molar-refractivity contribution is 7.16. The molecule has 10 heteroatoms. The topological polar surface area (TPSA) is 93.3 Å². The van der Waals surface area contributed by atoms with Gasteiger partial charge in [-0.15, -0.1) is 5.10 Å². The fraction of sp³-hybridized carbons (Fsp3) is 0.227. The molecule has 2 aromatic carbocycles. The molecule has 0 spiro atoms. The minimum absolute atomic E-state index is 0.123. The van der Waals surface area contributed by atoms with E-state index in [4.69, 9.17) is 0 Å². The summed E-state index contributed by atoms with van der Waals surface area (Å²) < 4.78 is 2.29. The van der Waals surface area contributed by atoms with Gasteiger partial charge >= 0.3 is 4.87 Å². The molecule has 0 N–H and O–H groups in total. The molecule has 1 aliphatic rings. The van der Waals surface area contributed by atoms with Gasteiger partial charge in [0, 0.05) is 13.1 Å². The van der Waals surface area contributed by atoms with Crippen LogP contribution in [0.2, 0.25) is 0 Å². The summed E-state index contributed by atoms with van der Waals surface area (Å²) in [6.07, 6.45) is 0.655. The van der Waals surface area contributed by atoms with Gasteiger partial charge in [0.15, 0.2) is 5.69 Å². The van der Waals surface area contributed by atoms with Crippen molar-refractivity contribution < 1.29 is 9.59 Å². The minimum atomic E-state index is -0.377. The normalized spacial score (nSPS) is 13.8. The smallest absolute Gasteiger partial charge is 0.289 e. The van der Waals surface area contributed by atoms with Gasteiger partial charge in [-0.05, 0) is 37.6 Å². The van der Waals surface area contributed by atoms with Crippen LogP contribution in [0.1, 0.15) is 22.6 Å². The quantitative estimate of drug-likeness (QED) is 0.477. The van der Waals surface area contributed by atoms with Crippen molar-refractivity contribution >= 4 is 33.4 Å². The van der Waals surface area contributed by atoms with E-state index in [2.05, 4.69) is 10.2 Å². The number of hydrazine groups is 1. The molecule has 9 nitrogen and oxygen atoms in total. The van der Waals surface area contributed by atoms with Gasteiger partial charge in [-0.1, -0.05) is 41.7 Å². The van der Waals surface area contributed by atoms with E-state index in [1.807, 2.05) is 54.6 Å². The number of fused-ring (bicyclic) bond motifs is 1. The lowest BCUT2D eigenvalue weighted by Gasteiger charge is -2.27. The lowest BCUT2D eigenvalue weighted by Crippen LogP contribution is -2.46. The maximum Gasteiger partial charge on any atom is 0.308 e.